The number of nitrogens with zero attached hydrogens (tertiary/aromatic N) is 1. The third kappa shape index (κ3) is 3.18. The number of carbonyl (C=O) groups excluding carboxylic acids is 1. The van der Waals surface area contributed by atoms with Crippen LogP contribution in [0.25, 0.3) is 0 Å². The molecule has 0 bridgehead atoms. The summed E-state index contributed by atoms with van der Waals surface area (Å²) in [6, 6.07) is 0.251. The molecule has 1 rings (SSSR count). The van der Waals surface area contributed by atoms with Crippen molar-refractivity contribution < 1.29 is 13.2 Å². The average molecular weight is 248 g/mol. The van der Waals surface area contributed by atoms with Crippen LogP contribution in [0.1, 0.15) is 19.8 Å². The van der Waals surface area contributed by atoms with Crippen LogP contribution in [0.5, 0.6) is 0 Å². The lowest BCUT2D eigenvalue weighted by Gasteiger charge is -2.35. The predicted octanol–water partition coefficient (Wildman–Crippen LogP) is -0.385. The molecule has 94 valence electrons. The summed E-state index contributed by atoms with van der Waals surface area (Å²) in [6.45, 7) is 2.03. The molecule has 1 amide bonds. The molecule has 1 unspecified atom stereocenters. The molecule has 1 fully saturated rings. The number of nitrogens with two attached hydrogens (primary N) is 1. The molecule has 0 heterocycles. The van der Waals surface area contributed by atoms with Gasteiger partial charge < -0.3 is 10.6 Å². The Morgan fingerprint density at radius 1 is 1.50 bits per heavy atom. The van der Waals surface area contributed by atoms with E-state index < -0.39 is 15.1 Å². The Morgan fingerprint density at radius 3 is 2.38 bits per heavy atom. The van der Waals surface area contributed by atoms with Crippen LogP contribution in [0.3, 0.4) is 0 Å². The van der Waals surface area contributed by atoms with Gasteiger partial charge in [0.2, 0.25) is 5.91 Å². The summed E-state index contributed by atoms with van der Waals surface area (Å²) in [6.07, 6.45) is 2.93. The molecular weight excluding hydrogens is 228 g/mol. The Labute approximate surface area is 96.9 Å². The first-order chi connectivity index (χ1) is 7.21. The number of carbonyl (C=O) groups is 1. The van der Waals surface area contributed by atoms with Crippen LogP contribution in [0.15, 0.2) is 0 Å². The molecule has 0 radical (unpaired) electrons. The van der Waals surface area contributed by atoms with Crippen molar-refractivity contribution in [1.82, 2.24) is 4.90 Å². The Kier molecular flexibility index (Phi) is 3.96. The fraction of sp³-hybridized carbons (Fsp3) is 0.900. The minimum atomic E-state index is -3.30. The maximum Gasteiger partial charge on any atom is 0.240 e. The Balaban J connectivity index is 2.48. The molecule has 16 heavy (non-hydrogen) atoms. The molecule has 2 N–H and O–H groups in total. The van der Waals surface area contributed by atoms with Gasteiger partial charge in [0.25, 0.3) is 0 Å². The molecule has 0 aromatic heterocycles. The van der Waals surface area contributed by atoms with Crippen LogP contribution in [0.4, 0.5) is 0 Å². The monoisotopic (exact) mass is 248 g/mol. The van der Waals surface area contributed by atoms with Crippen molar-refractivity contribution in [3.63, 3.8) is 0 Å². The summed E-state index contributed by atoms with van der Waals surface area (Å²) in [5.41, 5.74) is 5.65. The van der Waals surface area contributed by atoms with E-state index in [2.05, 4.69) is 0 Å². The molecule has 1 atom stereocenters. The number of sulfone groups is 1. The Hall–Kier alpha value is -0.620. The van der Waals surface area contributed by atoms with Crippen molar-refractivity contribution >= 4 is 15.7 Å². The van der Waals surface area contributed by atoms with E-state index in [4.69, 9.17) is 5.73 Å². The highest BCUT2D eigenvalue weighted by Gasteiger charge is 2.31. The summed E-state index contributed by atoms with van der Waals surface area (Å²) in [5.74, 6) is 0.0960. The van der Waals surface area contributed by atoms with Gasteiger partial charge in [-0.05, 0) is 25.7 Å². The summed E-state index contributed by atoms with van der Waals surface area (Å²) in [7, 11) is -1.65. The first-order valence-corrected chi connectivity index (χ1v) is 7.36. The van der Waals surface area contributed by atoms with Gasteiger partial charge in [-0.3, -0.25) is 4.79 Å². The van der Waals surface area contributed by atoms with Gasteiger partial charge >= 0.3 is 0 Å². The van der Waals surface area contributed by atoms with Crippen LogP contribution in [0.2, 0.25) is 0 Å². The molecular formula is C10H20N2O3S. The topological polar surface area (TPSA) is 80.5 Å². The van der Waals surface area contributed by atoms with Gasteiger partial charge in [0.15, 0.2) is 9.84 Å². The fourth-order valence-corrected chi connectivity index (χ4v) is 2.45. The van der Waals surface area contributed by atoms with E-state index in [1.807, 2.05) is 0 Å². The molecule has 0 aliphatic heterocycles. The summed E-state index contributed by atoms with van der Waals surface area (Å²) in [4.78, 5) is 13.3. The lowest BCUT2D eigenvalue weighted by atomic mass is 9.80. The number of hydrogen-bond acceptors (Lipinski definition) is 4. The molecule has 0 aromatic rings. The molecule has 1 aliphatic rings. The summed E-state index contributed by atoms with van der Waals surface area (Å²) in [5, 5.41) is -0.953. The maximum absolute atomic E-state index is 11.8. The second-order valence-electron chi connectivity index (χ2n) is 4.79. The van der Waals surface area contributed by atoms with Crippen molar-refractivity contribution in [2.45, 2.75) is 31.1 Å². The van der Waals surface area contributed by atoms with Gasteiger partial charge in [0, 0.05) is 25.9 Å². The number of rotatable bonds is 4. The SMILES string of the molecule is CC(C(=O)N(C)CC1CC(N)C1)S(C)(=O)=O. The maximum atomic E-state index is 11.8. The number of hydrogen-bond donors (Lipinski definition) is 1. The summed E-state index contributed by atoms with van der Waals surface area (Å²) < 4.78 is 22.5. The zero-order chi connectivity index (χ0) is 12.5. The highest BCUT2D eigenvalue weighted by atomic mass is 32.2. The standard InChI is InChI=1S/C10H20N2O3S/c1-7(16(3,14)15)10(13)12(2)6-8-4-9(11)5-8/h7-9H,4-6,11H2,1-3H3. The van der Waals surface area contributed by atoms with Crippen molar-refractivity contribution in [3.05, 3.63) is 0 Å². The lowest BCUT2D eigenvalue weighted by molar-refractivity contribution is -0.130. The fourth-order valence-electron chi connectivity index (χ4n) is 1.91. The van der Waals surface area contributed by atoms with Crippen LogP contribution >= 0.6 is 0 Å². The van der Waals surface area contributed by atoms with Gasteiger partial charge in [-0.2, -0.15) is 0 Å². The quantitative estimate of drug-likeness (QED) is 0.735. The zero-order valence-electron chi connectivity index (χ0n) is 10.0. The molecule has 5 nitrogen and oxygen atoms in total. The van der Waals surface area contributed by atoms with E-state index in [1.54, 1.807) is 7.05 Å². The van der Waals surface area contributed by atoms with E-state index >= 15 is 0 Å². The molecule has 1 saturated carbocycles. The Morgan fingerprint density at radius 2 is 2.00 bits per heavy atom. The van der Waals surface area contributed by atoms with Crippen molar-refractivity contribution in [2.24, 2.45) is 11.7 Å². The normalized spacial score (nSPS) is 27.0. The van der Waals surface area contributed by atoms with E-state index in [9.17, 15) is 13.2 Å². The Bertz CT molecular complexity index is 360. The second-order valence-corrected chi connectivity index (χ2v) is 7.15. The highest BCUT2D eigenvalue weighted by Crippen LogP contribution is 2.26. The third-order valence-corrected chi connectivity index (χ3v) is 4.66. The number of amides is 1. The van der Waals surface area contributed by atoms with Crippen molar-refractivity contribution in [3.8, 4) is 0 Å². The second kappa shape index (κ2) is 4.71. The van der Waals surface area contributed by atoms with Crippen LogP contribution in [0, 0.1) is 5.92 Å². The molecule has 0 saturated heterocycles. The molecule has 1 aliphatic carbocycles. The van der Waals surface area contributed by atoms with Gasteiger partial charge in [0.05, 0.1) is 0 Å². The smallest absolute Gasteiger partial charge is 0.240 e. The lowest BCUT2D eigenvalue weighted by Crippen LogP contribution is -2.46. The van der Waals surface area contributed by atoms with E-state index in [0.717, 1.165) is 19.1 Å². The molecule has 6 heteroatoms. The van der Waals surface area contributed by atoms with Crippen LogP contribution < -0.4 is 5.73 Å². The van der Waals surface area contributed by atoms with Crippen molar-refractivity contribution in [1.29, 1.82) is 0 Å². The van der Waals surface area contributed by atoms with E-state index in [0.29, 0.717) is 12.5 Å². The molecule has 0 aromatic carbocycles. The van der Waals surface area contributed by atoms with Gasteiger partial charge in [-0.15, -0.1) is 0 Å². The first kappa shape index (κ1) is 13.4. The zero-order valence-corrected chi connectivity index (χ0v) is 10.8. The third-order valence-electron chi connectivity index (χ3n) is 3.17. The summed E-state index contributed by atoms with van der Waals surface area (Å²) >= 11 is 0. The van der Waals surface area contributed by atoms with Gasteiger partial charge in [0.1, 0.15) is 5.25 Å². The van der Waals surface area contributed by atoms with E-state index in [1.165, 1.54) is 11.8 Å². The van der Waals surface area contributed by atoms with E-state index in [-0.39, 0.29) is 11.9 Å². The van der Waals surface area contributed by atoms with Crippen molar-refractivity contribution in [2.75, 3.05) is 19.8 Å². The average Bonchev–Trinajstić information content (AvgIpc) is 2.11. The minimum Gasteiger partial charge on any atom is -0.344 e. The van der Waals surface area contributed by atoms with Crippen LogP contribution in [-0.4, -0.2) is 50.4 Å². The van der Waals surface area contributed by atoms with Gasteiger partial charge in [-0.1, -0.05) is 0 Å². The van der Waals surface area contributed by atoms with Crippen LogP contribution in [-0.2, 0) is 14.6 Å². The first-order valence-electron chi connectivity index (χ1n) is 5.41. The minimum absolute atomic E-state index is 0.251. The largest absolute Gasteiger partial charge is 0.344 e. The molecule has 0 spiro atoms. The highest BCUT2D eigenvalue weighted by molar-refractivity contribution is 7.92. The van der Waals surface area contributed by atoms with Gasteiger partial charge in [-0.25, -0.2) is 8.42 Å². The predicted molar refractivity (Wildman–Crippen MR) is 62.6 cm³/mol.